The molecule has 10 heteroatoms. The van der Waals surface area contributed by atoms with Gasteiger partial charge in [-0.15, -0.1) is 0 Å². The number of hydrogen-bond acceptors (Lipinski definition) is 6. The molecule has 29 heavy (non-hydrogen) atoms. The number of methoxy groups -OCH3 is 1. The van der Waals surface area contributed by atoms with E-state index in [1.165, 1.54) is 36.4 Å². The predicted octanol–water partition coefficient (Wildman–Crippen LogP) is 3.83. The fourth-order valence-electron chi connectivity index (χ4n) is 2.53. The molecule has 0 radical (unpaired) electrons. The van der Waals surface area contributed by atoms with Crippen molar-refractivity contribution >= 4 is 33.3 Å². The van der Waals surface area contributed by atoms with Crippen LogP contribution in [0, 0.1) is 5.82 Å². The second-order valence-corrected chi connectivity index (χ2v) is 7.89. The van der Waals surface area contributed by atoms with Crippen LogP contribution in [0.2, 0.25) is 5.15 Å². The second-order valence-electron chi connectivity index (χ2n) is 5.85. The first-order valence-corrected chi connectivity index (χ1v) is 9.93. The van der Waals surface area contributed by atoms with E-state index in [1.54, 1.807) is 6.07 Å². The molecule has 1 aromatic heterocycles. The molecule has 3 aromatic rings. The zero-order valence-corrected chi connectivity index (χ0v) is 16.5. The summed E-state index contributed by atoms with van der Waals surface area (Å²) >= 11 is 6.05. The van der Waals surface area contributed by atoms with Crippen LogP contribution in [0.25, 0.3) is 11.1 Å². The third-order valence-electron chi connectivity index (χ3n) is 3.92. The van der Waals surface area contributed by atoms with Crippen LogP contribution in [-0.2, 0) is 14.8 Å². The third kappa shape index (κ3) is 4.47. The third-order valence-corrected chi connectivity index (χ3v) is 5.56. The van der Waals surface area contributed by atoms with Crippen LogP contribution in [0.1, 0.15) is 10.4 Å². The highest BCUT2D eigenvalue weighted by molar-refractivity contribution is 7.92. The molecule has 0 amide bonds. The summed E-state index contributed by atoms with van der Waals surface area (Å²) in [5, 5.41) is 9.92. The number of benzene rings is 2. The highest BCUT2D eigenvalue weighted by atomic mass is 35.5. The molecule has 0 spiro atoms. The van der Waals surface area contributed by atoms with E-state index < -0.39 is 27.6 Å². The van der Waals surface area contributed by atoms with E-state index in [0.717, 1.165) is 19.4 Å². The van der Waals surface area contributed by atoms with E-state index in [4.69, 9.17) is 11.6 Å². The maximum atomic E-state index is 13.5. The van der Waals surface area contributed by atoms with Crippen molar-refractivity contribution in [1.29, 1.82) is 0 Å². The van der Waals surface area contributed by atoms with E-state index >= 15 is 0 Å². The largest absolute Gasteiger partial charge is 0.507 e. The average Bonchev–Trinajstić information content (AvgIpc) is 2.67. The van der Waals surface area contributed by atoms with Crippen LogP contribution >= 0.6 is 11.6 Å². The highest BCUT2D eigenvalue weighted by Gasteiger charge is 2.19. The van der Waals surface area contributed by atoms with Crippen LogP contribution in [0.15, 0.2) is 59.6 Å². The van der Waals surface area contributed by atoms with Gasteiger partial charge in [-0.2, -0.15) is 0 Å². The first-order chi connectivity index (χ1) is 13.7. The lowest BCUT2D eigenvalue weighted by molar-refractivity contribution is 0.0597. The molecule has 0 fully saturated rings. The number of ether oxygens (including phenoxy) is 1. The normalized spacial score (nSPS) is 11.1. The molecule has 2 N–H and O–H groups in total. The van der Waals surface area contributed by atoms with Gasteiger partial charge in [0.2, 0.25) is 0 Å². The maximum Gasteiger partial charge on any atom is 0.341 e. The Hall–Kier alpha value is -3.17. The number of phenolic OH excluding ortho intramolecular Hbond substituents is 1. The number of nitrogens with one attached hydrogen (secondary N) is 1. The van der Waals surface area contributed by atoms with Crippen molar-refractivity contribution in [2.24, 2.45) is 0 Å². The zero-order chi connectivity index (χ0) is 21.2. The molecular formula is C19H14ClFN2O5S. The number of carbonyl (C=O) groups excluding carboxylic acids is 1. The number of carbonyl (C=O) groups is 1. The standard InChI is InChI=1S/C19H14ClFN2O5S/c1-28-19(25)15-6-5-13(8-17(15)24)23-29(26,27)14-9-16(18(20)22-10-14)11-3-2-4-12(21)7-11/h2-10,23-24H,1H3. The molecular weight excluding hydrogens is 423 g/mol. The lowest BCUT2D eigenvalue weighted by Gasteiger charge is -2.11. The van der Waals surface area contributed by atoms with Crippen molar-refractivity contribution in [3.8, 4) is 16.9 Å². The van der Waals surface area contributed by atoms with E-state index in [9.17, 15) is 22.7 Å². The smallest absolute Gasteiger partial charge is 0.341 e. The molecule has 7 nitrogen and oxygen atoms in total. The maximum absolute atomic E-state index is 13.5. The highest BCUT2D eigenvalue weighted by Crippen LogP contribution is 2.30. The molecule has 0 saturated carbocycles. The summed E-state index contributed by atoms with van der Waals surface area (Å²) < 4.78 is 45.7. The van der Waals surface area contributed by atoms with Gasteiger partial charge in [0, 0.05) is 17.8 Å². The monoisotopic (exact) mass is 436 g/mol. The van der Waals surface area contributed by atoms with Gasteiger partial charge in [0.25, 0.3) is 10.0 Å². The van der Waals surface area contributed by atoms with Gasteiger partial charge in [0.05, 0.1) is 12.8 Å². The summed E-state index contributed by atoms with van der Waals surface area (Å²) in [6, 6.07) is 10.3. The van der Waals surface area contributed by atoms with Gasteiger partial charge in [0.1, 0.15) is 27.2 Å². The number of rotatable bonds is 5. The Morgan fingerprint density at radius 2 is 1.97 bits per heavy atom. The van der Waals surface area contributed by atoms with Crippen LogP contribution in [0.4, 0.5) is 10.1 Å². The minimum absolute atomic E-state index is 0.00891. The van der Waals surface area contributed by atoms with Gasteiger partial charge in [0.15, 0.2) is 0 Å². The van der Waals surface area contributed by atoms with Crippen molar-refractivity contribution in [1.82, 2.24) is 4.98 Å². The van der Waals surface area contributed by atoms with E-state index in [-0.39, 0.29) is 26.9 Å². The second kappa shape index (κ2) is 8.06. The molecule has 0 aliphatic carbocycles. The van der Waals surface area contributed by atoms with Gasteiger partial charge in [-0.3, -0.25) is 4.72 Å². The van der Waals surface area contributed by atoms with Crippen molar-refractivity contribution in [2.45, 2.75) is 4.90 Å². The summed E-state index contributed by atoms with van der Waals surface area (Å²) in [5.74, 6) is -1.73. The molecule has 0 unspecified atom stereocenters. The van der Waals surface area contributed by atoms with Crippen molar-refractivity contribution in [3.05, 3.63) is 71.3 Å². The Morgan fingerprint density at radius 1 is 1.21 bits per heavy atom. The Balaban J connectivity index is 1.95. The van der Waals surface area contributed by atoms with Crippen molar-refractivity contribution < 1.29 is 27.4 Å². The molecule has 2 aromatic carbocycles. The summed E-state index contributed by atoms with van der Waals surface area (Å²) in [6.45, 7) is 0. The topological polar surface area (TPSA) is 106 Å². The summed E-state index contributed by atoms with van der Waals surface area (Å²) in [7, 11) is -2.96. The van der Waals surface area contributed by atoms with Gasteiger partial charge < -0.3 is 9.84 Å². The van der Waals surface area contributed by atoms with Crippen LogP contribution in [-0.4, -0.2) is 31.6 Å². The summed E-state index contributed by atoms with van der Waals surface area (Å²) in [5.41, 5.74) is 0.493. The number of nitrogens with zero attached hydrogens (tertiary/aromatic N) is 1. The lowest BCUT2D eigenvalue weighted by Crippen LogP contribution is -2.14. The molecule has 0 saturated heterocycles. The molecule has 0 bridgehead atoms. The first kappa shape index (κ1) is 20.6. The fraction of sp³-hybridized carbons (Fsp3) is 0.0526. The number of anilines is 1. The van der Waals surface area contributed by atoms with Gasteiger partial charge in [-0.05, 0) is 35.9 Å². The van der Waals surface area contributed by atoms with E-state index in [2.05, 4.69) is 14.4 Å². The summed E-state index contributed by atoms with van der Waals surface area (Å²) in [4.78, 5) is 15.2. The van der Waals surface area contributed by atoms with Crippen molar-refractivity contribution in [2.75, 3.05) is 11.8 Å². The first-order valence-electron chi connectivity index (χ1n) is 8.07. The van der Waals surface area contributed by atoms with Gasteiger partial charge >= 0.3 is 5.97 Å². The van der Waals surface area contributed by atoms with Crippen molar-refractivity contribution in [3.63, 3.8) is 0 Å². The number of hydrogen-bond donors (Lipinski definition) is 2. The number of pyridine rings is 1. The average molecular weight is 437 g/mol. The number of esters is 1. The van der Waals surface area contributed by atoms with Gasteiger partial charge in [-0.25, -0.2) is 22.6 Å². The Kier molecular flexibility index (Phi) is 5.71. The zero-order valence-electron chi connectivity index (χ0n) is 14.9. The minimum atomic E-state index is -4.12. The number of aromatic nitrogens is 1. The summed E-state index contributed by atoms with van der Waals surface area (Å²) in [6.07, 6.45) is 1.05. The fourth-order valence-corrected chi connectivity index (χ4v) is 3.76. The minimum Gasteiger partial charge on any atom is -0.507 e. The van der Waals surface area contributed by atoms with Crippen LogP contribution in [0.5, 0.6) is 5.75 Å². The number of aromatic hydroxyl groups is 1. The molecule has 0 atom stereocenters. The quantitative estimate of drug-likeness (QED) is 0.465. The molecule has 3 rings (SSSR count). The molecule has 0 aliphatic heterocycles. The van der Waals surface area contributed by atoms with E-state index in [1.807, 2.05) is 0 Å². The lowest BCUT2D eigenvalue weighted by atomic mass is 10.1. The SMILES string of the molecule is COC(=O)c1ccc(NS(=O)(=O)c2cnc(Cl)c(-c3cccc(F)c3)c2)cc1O. The molecule has 1 heterocycles. The molecule has 150 valence electrons. The van der Waals surface area contributed by atoms with Crippen LogP contribution < -0.4 is 4.72 Å². The Labute approximate surface area is 170 Å². The molecule has 0 aliphatic rings. The Bertz CT molecular complexity index is 1200. The van der Waals surface area contributed by atoms with E-state index in [0.29, 0.717) is 5.56 Å². The number of halogens is 2. The number of phenols is 1. The van der Waals surface area contributed by atoms with Gasteiger partial charge in [-0.1, -0.05) is 23.7 Å². The van der Waals surface area contributed by atoms with Crippen LogP contribution in [0.3, 0.4) is 0 Å². The predicted molar refractivity (Wildman–Crippen MR) is 105 cm³/mol. The number of sulfonamides is 1. The Morgan fingerprint density at radius 3 is 2.62 bits per heavy atom.